The molecule has 1 aliphatic heterocycles. The number of piperidine rings is 1. The molecule has 0 aliphatic carbocycles. The van der Waals surface area contributed by atoms with Crippen molar-refractivity contribution in [3.63, 3.8) is 0 Å². The Labute approximate surface area is 124 Å². The van der Waals surface area contributed by atoms with Crippen LogP contribution in [-0.2, 0) is 0 Å². The van der Waals surface area contributed by atoms with Crippen LogP contribution in [0.3, 0.4) is 0 Å². The Morgan fingerprint density at radius 2 is 2.05 bits per heavy atom. The predicted octanol–water partition coefficient (Wildman–Crippen LogP) is 1.57. The Bertz CT molecular complexity index is 578. The van der Waals surface area contributed by atoms with Crippen molar-refractivity contribution in [3.05, 3.63) is 30.1 Å². The molecule has 0 saturated carbocycles. The molecule has 0 radical (unpaired) electrons. The predicted molar refractivity (Wildman–Crippen MR) is 80.5 cm³/mol. The van der Waals surface area contributed by atoms with Gasteiger partial charge in [0, 0.05) is 25.9 Å². The van der Waals surface area contributed by atoms with E-state index in [0.717, 1.165) is 43.3 Å². The second kappa shape index (κ2) is 6.22. The molecule has 2 aromatic rings. The molecular weight excluding hydrogens is 266 g/mol. The van der Waals surface area contributed by atoms with Crippen LogP contribution in [0.5, 0.6) is 0 Å². The first-order chi connectivity index (χ1) is 10.3. The summed E-state index contributed by atoms with van der Waals surface area (Å²) >= 11 is 0. The van der Waals surface area contributed by atoms with Gasteiger partial charge in [-0.25, -0.2) is 4.68 Å². The normalized spacial score (nSPS) is 19.0. The molecule has 0 bridgehead atoms. The fourth-order valence-corrected chi connectivity index (χ4v) is 2.84. The highest BCUT2D eigenvalue weighted by Gasteiger charge is 2.20. The molecule has 1 unspecified atom stereocenters. The average Bonchev–Trinajstić information content (AvgIpc) is 2.95. The Balaban J connectivity index is 1.71. The number of aliphatic hydroxyl groups is 1. The van der Waals surface area contributed by atoms with Crippen molar-refractivity contribution in [2.75, 3.05) is 24.6 Å². The monoisotopic (exact) mass is 287 g/mol. The van der Waals surface area contributed by atoms with Gasteiger partial charge in [-0.05, 0) is 50.3 Å². The molecule has 1 atom stereocenters. The molecule has 0 spiro atoms. The minimum atomic E-state index is 0.266. The van der Waals surface area contributed by atoms with Gasteiger partial charge in [0.15, 0.2) is 11.6 Å². The third-order valence-electron chi connectivity index (χ3n) is 3.97. The molecule has 21 heavy (non-hydrogen) atoms. The first-order valence-electron chi connectivity index (χ1n) is 7.48. The van der Waals surface area contributed by atoms with Gasteiger partial charge in [-0.2, -0.15) is 5.10 Å². The molecule has 3 rings (SSSR count). The zero-order chi connectivity index (χ0) is 14.7. The van der Waals surface area contributed by atoms with E-state index in [1.54, 1.807) is 4.68 Å². The van der Waals surface area contributed by atoms with Crippen LogP contribution in [0.1, 0.15) is 25.0 Å². The van der Waals surface area contributed by atoms with Gasteiger partial charge in [-0.1, -0.05) is 0 Å². The van der Waals surface area contributed by atoms with E-state index in [-0.39, 0.29) is 6.61 Å². The van der Waals surface area contributed by atoms with E-state index in [1.807, 2.05) is 31.3 Å². The summed E-state index contributed by atoms with van der Waals surface area (Å²) in [4.78, 5) is 2.26. The number of aliphatic hydroxyl groups excluding tert-OH is 1. The summed E-state index contributed by atoms with van der Waals surface area (Å²) in [7, 11) is 0. The lowest BCUT2D eigenvalue weighted by Gasteiger charge is -2.33. The minimum Gasteiger partial charge on any atom is -0.396 e. The van der Waals surface area contributed by atoms with Crippen LogP contribution in [-0.4, -0.2) is 44.8 Å². The molecule has 6 heteroatoms. The summed E-state index contributed by atoms with van der Waals surface area (Å²) in [6.07, 6.45) is 5.09. The maximum Gasteiger partial charge on any atom is 0.175 e. The number of aryl methyl sites for hydroxylation is 1. The van der Waals surface area contributed by atoms with Crippen LogP contribution in [0.25, 0.3) is 5.82 Å². The topological polar surface area (TPSA) is 67.1 Å². The SMILES string of the molecule is Cc1ccn(-c2ccc(N3CCCC(CCO)C3)nn2)n1. The van der Waals surface area contributed by atoms with E-state index in [2.05, 4.69) is 20.2 Å². The molecule has 0 amide bonds. The van der Waals surface area contributed by atoms with E-state index in [1.165, 1.54) is 6.42 Å². The van der Waals surface area contributed by atoms with E-state index < -0.39 is 0 Å². The Hall–Kier alpha value is -1.95. The number of hydrogen-bond donors (Lipinski definition) is 1. The molecule has 1 saturated heterocycles. The van der Waals surface area contributed by atoms with Crippen LogP contribution in [0.15, 0.2) is 24.4 Å². The molecule has 0 aromatic carbocycles. The van der Waals surface area contributed by atoms with Crippen molar-refractivity contribution in [3.8, 4) is 5.82 Å². The highest BCUT2D eigenvalue weighted by Crippen LogP contribution is 2.23. The maximum atomic E-state index is 9.08. The number of rotatable bonds is 4. The molecule has 3 heterocycles. The molecule has 112 valence electrons. The lowest BCUT2D eigenvalue weighted by molar-refractivity contribution is 0.244. The quantitative estimate of drug-likeness (QED) is 0.924. The standard InChI is InChI=1S/C15H21N5O/c1-12-6-9-20(18-12)15-5-4-14(16-17-15)19-8-2-3-13(11-19)7-10-21/h4-6,9,13,21H,2-3,7-8,10-11H2,1H3. The summed E-state index contributed by atoms with van der Waals surface area (Å²) < 4.78 is 1.73. The molecule has 1 aliphatic rings. The summed E-state index contributed by atoms with van der Waals surface area (Å²) in [5.41, 5.74) is 0.962. The molecule has 6 nitrogen and oxygen atoms in total. The maximum absolute atomic E-state index is 9.08. The van der Waals surface area contributed by atoms with Crippen molar-refractivity contribution < 1.29 is 5.11 Å². The lowest BCUT2D eigenvalue weighted by Crippen LogP contribution is -2.36. The third-order valence-corrected chi connectivity index (χ3v) is 3.97. The van der Waals surface area contributed by atoms with Gasteiger partial charge in [-0.15, -0.1) is 10.2 Å². The Morgan fingerprint density at radius 3 is 2.71 bits per heavy atom. The average molecular weight is 287 g/mol. The fourth-order valence-electron chi connectivity index (χ4n) is 2.84. The fraction of sp³-hybridized carbons (Fsp3) is 0.533. The summed E-state index contributed by atoms with van der Waals surface area (Å²) in [5.74, 6) is 2.19. The molecular formula is C15H21N5O. The summed E-state index contributed by atoms with van der Waals surface area (Å²) in [5, 5.41) is 22.0. The van der Waals surface area contributed by atoms with Crippen LogP contribution in [0, 0.1) is 12.8 Å². The lowest BCUT2D eigenvalue weighted by atomic mass is 9.95. The highest BCUT2D eigenvalue weighted by molar-refractivity contribution is 5.40. The third kappa shape index (κ3) is 3.21. The number of anilines is 1. The van der Waals surface area contributed by atoms with Gasteiger partial charge in [-0.3, -0.25) is 0 Å². The first kappa shape index (κ1) is 14.0. The summed E-state index contributed by atoms with van der Waals surface area (Å²) in [6, 6.07) is 5.89. The smallest absolute Gasteiger partial charge is 0.175 e. The van der Waals surface area contributed by atoms with Crippen LogP contribution < -0.4 is 4.90 Å². The number of hydrogen-bond acceptors (Lipinski definition) is 5. The van der Waals surface area contributed by atoms with Gasteiger partial charge in [0.2, 0.25) is 0 Å². The molecule has 2 aromatic heterocycles. The van der Waals surface area contributed by atoms with E-state index >= 15 is 0 Å². The van der Waals surface area contributed by atoms with E-state index in [9.17, 15) is 0 Å². The number of nitrogens with zero attached hydrogens (tertiary/aromatic N) is 5. The van der Waals surface area contributed by atoms with Crippen molar-refractivity contribution in [1.29, 1.82) is 0 Å². The second-order valence-electron chi connectivity index (χ2n) is 5.62. The van der Waals surface area contributed by atoms with E-state index in [4.69, 9.17) is 5.11 Å². The number of aromatic nitrogens is 4. The van der Waals surface area contributed by atoms with Crippen LogP contribution >= 0.6 is 0 Å². The van der Waals surface area contributed by atoms with Crippen LogP contribution in [0.4, 0.5) is 5.82 Å². The Morgan fingerprint density at radius 1 is 1.24 bits per heavy atom. The zero-order valence-electron chi connectivity index (χ0n) is 12.3. The van der Waals surface area contributed by atoms with Gasteiger partial charge < -0.3 is 10.0 Å². The second-order valence-corrected chi connectivity index (χ2v) is 5.62. The Kier molecular flexibility index (Phi) is 4.15. The molecule has 1 N–H and O–H groups in total. The van der Waals surface area contributed by atoms with E-state index in [0.29, 0.717) is 5.92 Å². The van der Waals surface area contributed by atoms with Crippen molar-refractivity contribution in [2.24, 2.45) is 5.92 Å². The van der Waals surface area contributed by atoms with Crippen molar-refractivity contribution >= 4 is 5.82 Å². The minimum absolute atomic E-state index is 0.266. The van der Waals surface area contributed by atoms with Gasteiger partial charge in [0.25, 0.3) is 0 Å². The largest absolute Gasteiger partial charge is 0.396 e. The van der Waals surface area contributed by atoms with Crippen molar-refractivity contribution in [2.45, 2.75) is 26.2 Å². The molecule has 1 fully saturated rings. The highest BCUT2D eigenvalue weighted by atomic mass is 16.3. The van der Waals surface area contributed by atoms with Gasteiger partial charge in [0.05, 0.1) is 5.69 Å². The van der Waals surface area contributed by atoms with Crippen LogP contribution in [0.2, 0.25) is 0 Å². The van der Waals surface area contributed by atoms with Crippen molar-refractivity contribution in [1.82, 2.24) is 20.0 Å². The van der Waals surface area contributed by atoms with Gasteiger partial charge >= 0.3 is 0 Å². The zero-order valence-corrected chi connectivity index (χ0v) is 12.3. The first-order valence-corrected chi connectivity index (χ1v) is 7.48. The summed E-state index contributed by atoms with van der Waals surface area (Å²) in [6.45, 7) is 4.18. The van der Waals surface area contributed by atoms with Gasteiger partial charge in [0.1, 0.15) is 0 Å².